The molecule has 7 nitrogen and oxygen atoms in total. The topological polar surface area (TPSA) is 98.6 Å². The first-order chi connectivity index (χ1) is 13.9. The fourth-order valence-electron chi connectivity index (χ4n) is 2.56. The summed E-state index contributed by atoms with van der Waals surface area (Å²) in [5.74, 6) is -0.643. The van der Waals surface area contributed by atoms with E-state index >= 15 is 0 Å². The van der Waals surface area contributed by atoms with E-state index in [9.17, 15) is 4.39 Å². The van der Waals surface area contributed by atoms with Crippen LogP contribution in [0.25, 0.3) is 26.9 Å². The Morgan fingerprint density at radius 2 is 2.07 bits per heavy atom. The molecular formula is C18H14ClFIN5O2S. The van der Waals surface area contributed by atoms with Crippen LogP contribution in [0.5, 0.6) is 5.75 Å². The second kappa shape index (κ2) is 8.48. The van der Waals surface area contributed by atoms with Crippen LogP contribution in [0, 0.1) is 9.39 Å². The van der Waals surface area contributed by atoms with Gasteiger partial charge in [-0.3, -0.25) is 0 Å². The average molecular weight is 546 g/mol. The molecule has 0 saturated heterocycles. The van der Waals surface area contributed by atoms with Crippen LogP contribution in [-0.4, -0.2) is 43.9 Å². The van der Waals surface area contributed by atoms with Crippen LogP contribution in [0.4, 0.5) is 4.39 Å². The summed E-state index contributed by atoms with van der Waals surface area (Å²) in [7, 11) is 0. The van der Waals surface area contributed by atoms with Gasteiger partial charge < -0.3 is 20.0 Å². The quantitative estimate of drug-likeness (QED) is 0.359. The Labute approximate surface area is 187 Å². The molecule has 11 heteroatoms. The molecule has 150 valence electrons. The fraction of sp³-hybridized carbons (Fsp3) is 0.167. The van der Waals surface area contributed by atoms with Gasteiger partial charge in [-0.2, -0.15) is 0 Å². The van der Waals surface area contributed by atoms with Gasteiger partial charge >= 0.3 is 0 Å². The van der Waals surface area contributed by atoms with Crippen LogP contribution >= 0.6 is 45.5 Å². The maximum absolute atomic E-state index is 14.4. The largest absolute Gasteiger partial charge is 0.489 e. The molecule has 3 N–H and O–H groups in total. The number of nitrogens with two attached hydrogens (primary N) is 1. The summed E-state index contributed by atoms with van der Waals surface area (Å²) in [4.78, 5) is 4.54. The Morgan fingerprint density at radius 1 is 1.28 bits per heavy atom. The predicted molar refractivity (Wildman–Crippen MR) is 118 cm³/mol. The number of fused-ring (bicyclic) bond motifs is 1. The first-order valence-electron chi connectivity index (χ1n) is 8.41. The van der Waals surface area contributed by atoms with Crippen molar-refractivity contribution in [1.29, 1.82) is 0 Å². The van der Waals surface area contributed by atoms with Gasteiger partial charge in [0, 0.05) is 27.6 Å². The zero-order valence-electron chi connectivity index (χ0n) is 14.7. The third-order valence-electron chi connectivity index (χ3n) is 4.00. The molecule has 0 saturated carbocycles. The highest BCUT2D eigenvalue weighted by Gasteiger charge is 2.17. The van der Waals surface area contributed by atoms with E-state index < -0.39 is 11.9 Å². The minimum Gasteiger partial charge on any atom is -0.489 e. The maximum Gasteiger partial charge on any atom is 0.168 e. The van der Waals surface area contributed by atoms with Gasteiger partial charge in [0.1, 0.15) is 23.0 Å². The Balaban J connectivity index is 1.62. The van der Waals surface area contributed by atoms with Crippen molar-refractivity contribution in [1.82, 2.24) is 19.6 Å². The number of imidazole rings is 1. The number of nitrogens with zero attached hydrogens (tertiary/aromatic N) is 4. The lowest BCUT2D eigenvalue weighted by Gasteiger charge is -2.12. The molecule has 0 spiro atoms. The van der Waals surface area contributed by atoms with Crippen molar-refractivity contribution < 1.29 is 14.2 Å². The number of benzene rings is 1. The zero-order valence-corrected chi connectivity index (χ0v) is 18.4. The normalized spacial score (nSPS) is 12.4. The highest BCUT2D eigenvalue weighted by molar-refractivity contribution is 14.1. The van der Waals surface area contributed by atoms with Crippen LogP contribution < -0.4 is 10.5 Å². The Kier molecular flexibility index (Phi) is 5.97. The van der Waals surface area contributed by atoms with E-state index in [4.69, 9.17) is 27.2 Å². The summed E-state index contributed by atoms with van der Waals surface area (Å²) in [6.07, 6.45) is 3.83. The summed E-state index contributed by atoms with van der Waals surface area (Å²) in [6, 6.07) is 5.90. The lowest BCUT2D eigenvalue weighted by Crippen LogP contribution is -2.31. The molecule has 0 amide bonds. The molecule has 4 aromatic rings. The standard InChI is InChI=1S/C18H14ClFIN5O2S/c19-12-4-15(28-8-10(22)7-27)13(20)3-11(12)17-24-25-18(29-17)14-6-26-5-9(21)1-2-16(26)23-14/h1-6,10,27H,7-8,22H2. The molecule has 0 fully saturated rings. The van der Waals surface area contributed by atoms with Crippen LogP contribution in [0.2, 0.25) is 5.02 Å². The fourth-order valence-corrected chi connectivity index (χ4v) is 4.16. The van der Waals surface area contributed by atoms with Crippen LogP contribution in [0.3, 0.4) is 0 Å². The molecule has 3 aromatic heterocycles. The summed E-state index contributed by atoms with van der Waals surface area (Å²) in [6.45, 7) is -0.290. The Hall–Kier alpha value is -1.86. The average Bonchev–Trinajstić information content (AvgIpc) is 3.34. The third-order valence-corrected chi connectivity index (χ3v) is 5.93. The van der Waals surface area contributed by atoms with E-state index in [1.807, 2.05) is 28.9 Å². The molecule has 0 radical (unpaired) electrons. The first kappa shape index (κ1) is 20.4. The molecular weight excluding hydrogens is 532 g/mol. The highest BCUT2D eigenvalue weighted by Crippen LogP contribution is 2.37. The SMILES string of the molecule is NC(CO)COc1cc(Cl)c(-c2nnc(-c3cn4cc(I)ccc4n3)s2)cc1F. The molecule has 29 heavy (non-hydrogen) atoms. The number of halogens is 3. The van der Waals surface area contributed by atoms with Crippen LogP contribution in [0.1, 0.15) is 0 Å². The second-order valence-corrected chi connectivity index (χ2v) is 8.80. The van der Waals surface area contributed by atoms with E-state index in [0.29, 0.717) is 21.3 Å². The van der Waals surface area contributed by atoms with Gasteiger partial charge in [-0.05, 0) is 40.8 Å². The van der Waals surface area contributed by atoms with Crippen molar-refractivity contribution >= 4 is 51.2 Å². The van der Waals surface area contributed by atoms with Crippen molar-refractivity contribution in [2.24, 2.45) is 5.73 Å². The van der Waals surface area contributed by atoms with Crippen molar-refractivity contribution in [3.63, 3.8) is 0 Å². The maximum atomic E-state index is 14.4. The smallest absolute Gasteiger partial charge is 0.168 e. The number of rotatable bonds is 6. The minimum atomic E-state index is -0.604. The number of hydrogen-bond donors (Lipinski definition) is 2. The number of ether oxygens (including phenoxy) is 1. The molecule has 0 aliphatic rings. The van der Waals surface area contributed by atoms with Gasteiger partial charge in [-0.1, -0.05) is 22.9 Å². The van der Waals surface area contributed by atoms with Crippen LogP contribution in [-0.2, 0) is 0 Å². The van der Waals surface area contributed by atoms with Crippen molar-refractivity contribution in [2.75, 3.05) is 13.2 Å². The Bertz CT molecular complexity index is 1180. The summed E-state index contributed by atoms with van der Waals surface area (Å²) in [5, 5.41) is 18.6. The molecule has 4 rings (SSSR count). The summed E-state index contributed by atoms with van der Waals surface area (Å²) >= 11 is 9.81. The summed E-state index contributed by atoms with van der Waals surface area (Å²) in [5.41, 5.74) is 7.44. The molecule has 1 aromatic carbocycles. The molecule has 0 bridgehead atoms. The number of aromatic nitrogens is 4. The van der Waals surface area contributed by atoms with E-state index in [1.54, 1.807) is 0 Å². The van der Waals surface area contributed by atoms with E-state index in [0.717, 1.165) is 9.22 Å². The van der Waals surface area contributed by atoms with Gasteiger partial charge in [0.05, 0.1) is 17.7 Å². The van der Waals surface area contributed by atoms with Gasteiger partial charge in [0.25, 0.3) is 0 Å². The number of pyridine rings is 1. The van der Waals surface area contributed by atoms with E-state index in [-0.39, 0.29) is 24.0 Å². The predicted octanol–water partition coefficient (Wildman–Crippen LogP) is 3.62. The molecule has 1 atom stereocenters. The Morgan fingerprint density at radius 3 is 2.86 bits per heavy atom. The third kappa shape index (κ3) is 4.36. The minimum absolute atomic E-state index is 0.0289. The van der Waals surface area contributed by atoms with Gasteiger partial charge in [-0.15, -0.1) is 10.2 Å². The lowest BCUT2D eigenvalue weighted by molar-refractivity contribution is 0.202. The number of aliphatic hydroxyl groups excluding tert-OH is 1. The number of aliphatic hydroxyl groups is 1. The van der Waals surface area contributed by atoms with Gasteiger partial charge in [0.15, 0.2) is 16.6 Å². The van der Waals surface area contributed by atoms with Crippen molar-refractivity contribution in [3.8, 4) is 27.0 Å². The number of hydrogen-bond acceptors (Lipinski definition) is 7. The first-order valence-corrected chi connectivity index (χ1v) is 10.7. The summed E-state index contributed by atoms with van der Waals surface area (Å²) < 4.78 is 22.7. The monoisotopic (exact) mass is 545 g/mol. The highest BCUT2D eigenvalue weighted by atomic mass is 127. The second-order valence-electron chi connectivity index (χ2n) is 6.17. The van der Waals surface area contributed by atoms with E-state index in [2.05, 4.69) is 37.8 Å². The van der Waals surface area contributed by atoms with Gasteiger partial charge in [-0.25, -0.2) is 9.37 Å². The van der Waals surface area contributed by atoms with E-state index in [1.165, 1.54) is 23.5 Å². The zero-order chi connectivity index (χ0) is 20.5. The molecule has 3 heterocycles. The molecule has 1 unspecified atom stereocenters. The van der Waals surface area contributed by atoms with Crippen molar-refractivity contribution in [3.05, 3.63) is 51.1 Å². The molecule has 0 aliphatic carbocycles. The molecule has 0 aliphatic heterocycles. The lowest BCUT2D eigenvalue weighted by atomic mass is 10.2. The van der Waals surface area contributed by atoms with Crippen molar-refractivity contribution in [2.45, 2.75) is 6.04 Å². The van der Waals surface area contributed by atoms with Gasteiger partial charge in [0.2, 0.25) is 0 Å². The van der Waals surface area contributed by atoms with Crippen LogP contribution in [0.15, 0.2) is 36.7 Å².